The van der Waals surface area contributed by atoms with Gasteiger partial charge in [-0.05, 0) is 18.4 Å². The fourth-order valence-electron chi connectivity index (χ4n) is 2.32. The van der Waals surface area contributed by atoms with Gasteiger partial charge in [0, 0.05) is 32.1 Å². The predicted octanol–water partition coefficient (Wildman–Crippen LogP) is 1.65. The molecule has 0 amide bonds. The van der Waals surface area contributed by atoms with Crippen molar-refractivity contribution >= 4 is 17.3 Å². The maximum absolute atomic E-state index is 12.0. The van der Waals surface area contributed by atoms with Crippen molar-refractivity contribution in [1.82, 2.24) is 9.78 Å². The first-order chi connectivity index (χ1) is 9.63. The number of hydrogen-bond donors (Lipinski definition) is 0. The third-order valence-electron chi connectivity index (χ3n) is 3.56. The number of hydrogen-bond acceptors (Lipinski definition) is 4. The lowest BCUT2D eigenvalue weighted by Gasteiger charge is -2.32. The Morgan fingerprint density at radius 2 is 2.25 bits per heavy atom. The van der Waals surface area contributed by atoms with Gasteiger partial charge in [0.2, 0.25) is 0 Å². The van der Waals surface area contributed by atoms with Crippen molar-refractivity contribution in [1.29, 1.82) is 0 Å². The van der Waals surface area contributed by atoms with E-state index in [9.17, 15) is 4.79 Å². The molecule has 0 N–H and O–H groups in total. The Kier molecular flexibility index (Phi) is 5.20. The SMILES string of the molecule is C=C(CCl)Cn1ncc(N2CCC(OC)CC2)cc1=O. The highest BCUT2D eigenvalue weighted by Gasteiger charge is 2.19. The Morgan fingerprint density at radius 1 is 1.55 bits per heavy atom. The molecule has 6 heteroatoms. The van der Waals surface area contributed by atoms with Crippen molar-refractivity contribution in [2.45, 2.75) is 25.5 Å². The van der Waals surface area contributed by atoms with Gasteiger partial charge in [0.05, 0.1) is 24.5 Å². The van der Waals surface area contributed by atoms with Gasteiger partial charge in [0.15, 0.2) is 0 Å². The molecular weight excluding hydrogens is 278 g/mol. The van der Waals surface area contributed by atoms with Crippen LogP contribution in [-0.4, -0.2) is 42.0 Å². The molecule has 0 saturated carbocycles. The molecule has 1 aliphatic rings. The Bertz CT molecular complexity index is 521. The molecule has 1 aromatic heterocycles. The van der Waals surface area contributed by atoms with E-state index in [0.717, 1.165) is 37.2 Å². The fraction of sp³-hybridized carbons (Fsp3) is 0.571. The predicted molar refractivity (Wildman–Crippen MR) is 80.6 cm³/mol. The number of rotatable bonds is 5. The van der Waals surface area contributed by atoms with E-state index in [2.05, 4.69) is 16.6 Å². The monoisotopic (exact) mass is 297 g/mol. The highest BCUT2D eigenvalue weighted by molar-refractivity contribution is 6.19. The highest BCUT2D eigenvalue weighted by Crippen LogP contribution is 2.18. The molecule has 0 aliphatic carbocycles. The average Bonchev–Trinajstić information content (AvgIpc) is 2.49. The van der Waals surface area contributed by atoms with Gasteiger partial charge in [-0.25, -0.2) is 4.68 Å². The second-order valence-electron chi connectivity index (χ2n) is 5.02. The minimum Gasteiger partial charge on any atom is -0.381 e. The molecule has 0 unspecified atom stereocenters. The molecule has 0 atom stereocenters. The maximum atomic E-state index is 12.0. The van der Waals surface area contributed by atoms with Crippen LogP contribution in [0.4, 0.5) is 5.69 Å². The van der Waals surface area contributed by atoms with Crippen LogP contribution in [0.1, 0.15) is 12.8 Å². The van der Waals surface area contributed by atoms with Gasteiger partial charge in [0.25, 0.3) is 5.56 Å². The van der Waals surface area contributed by atoms with Crippen molar-refractivity contribution in [3.8, 4) is 0 Å². The lowest BCUT2D eigenvalue weighted by atomic mass is 10.1. The molecular formula is C14H20ClN3O2. The molecule has 20 heavy (non-hydrogen) atoms. The second kappa shape index (κ2) is 6.90. The number of piperidine rings is 1. The van der Waals surface area contributed by atoms with Crippen molar-refractivity contribution in [3.05, 3.63) is 34.8 Å². The lowest BCUT2D eigenvalue weighted by molar-refractivity contribution is 0.0819. The third kappa shape index (κ3) is 3.61. The van der Waals surface area contributed by atoms with Crippen LogP contribution in [0, 0.1) is 0 Å². The molecule has 2 heterocycles. The van der Waals surface area contributed by atoms with Crippen molar-refractivity contribution in [3.63, 3.8) is 0 Å². The molecule has 1 fully saturated rings. The van der Waals surface area contributed by atoms with Crippen LogP contribution in [0.2, 0.25) is 0 Å². The summed E-state index contributed by atoms with van der Waals surface area (Å²) in [4.78, 5) is 14.2. The molecule has 0 aromatic carbocycles. The van der Waals surface area contributed by atoms with E-state index in [4.69, 9.17) is 16.3 Å². The summed E-state index contributed by atoms with van der Waals surface area (Å²) >= 11 is 5.67. The van der Waals surface area contributed by atoms with E-state index in [1.165, 1.54) is 4.68 Å². The molecule has 1 aliphatic heterocycles. The molecule has 1 aromatic rings. The minimum absolute atomic E-state index is 0.123. The number of anilines is 1. The van der Waals surface area contributed by atoms with E-state index in [1.54, 1.807) is 19.4 Å². The Labute approximate surface area is 123 Å². The first-order valence-corrected chi connectivity index (χ1v) is 7.25. The smallest absolute Gasteiger partial charge is 0.269 e. The molecule has 0 radical (unpaired) electrons. The molecule has 110 valence electrons. The first kappa shape index (κ1) is 15.1. The van der Waals surface area contributed by atoms with Crippen LogP contribution in [0.15, 0.2) is 29.2 Å². The standard InChI is InChI=1S/C14H20ClN3O2/c1-11(8-15)10-18-14(19)7-12(9-16-18)17-5-3-13(20-2)4-6-17/h7,9,13H,1,3-6,8,10H2,2H3. The largest absolute Gasteiger partial charge is 0.381 e. The summed E-state index contributed by atoms with van der Waals surface area (Å²) < 4.78 is 6.73. The molecule has 1 saturated heterocycles. The summed E-state index contributed by atoms with van der Waals surface area (Å²) in [7, 11) is 1.74. The van der Waals surface area contributed by atoms with Crippen LogP contribution >= 0.6 is 11.6 Å². The number of allylic oxidation sites excluding steroid dienone is 1. The summed E-state index contributed by atoms with van der Waals surface area (Å²) in [6.45, 7) is 5.93. The lowest BCUT2D eigenvalue weighted by Crippen LogP contribution is -2.37. The summed E-state index contributed by atoms with van der Waals surface area (Å²) in [6.07, 6.45) is 4.01. The van der Waals surface area contributed by atoms with Gasteiger partial charge in [-0.15, -0.1) is 11.6 Å². The number of methoxy groups -OCH3 is 1. The zero-order valence-corrected chi connectivity index (χ0v) is 12.5. The Balaban J connectivity index is 2.06. The molecule has 0 spiro atoms. The normalized spacial score (nSPS) is 16.4. The van der Waals surface area contributed by atoms with Crippen LogP contribution < -0.4 is 10.5 Å². The van der Waals surface area contributed by atoms with Crippen molar-refractivity contribution in [2.75, 3.05) is 31.0 Å². The summed E-state index contributed by atoms with van der Waals surface area (Å²) in [6, 6.07) is 1.63. The van der Waals surface area contributed by atoms with Crippen molar-refractivity contribution < 1.29 is 4.74 Å². The molecule has 5 nitrogen and oxygen atoms in total. The Hall–Kier alpha value is -1.33. The minimum atomic E-state index is -0.123. The average molecular weight is 298 g/mol. The maximum Gasteiger partial charge on any atom is 0.269 e. The highest BCUT2D eigenvalue weighted by atomic mass is 35.5. The number of ether oxygens (including phenoxy) is 1. The van der Waals surface area contributed by atoms with Crippen LogP contribution in [0.5, 0.6) is 0 Å². The van der Waals surface area contributed by atoms with E-state index in [1.807, 2.05) is 0 Å². The van der Waals surface area contributed by atoms with Gasteiger partial charge < -0.3 is 9.64 Å². The molecule has 2 rings (SSSR count). The van der Waals surface area contributed by atoms with Crippen LogP contribution in [0.3, 0.4) is 0 Å². The quantitative estimate of drug-likeness (QED) is 0.612. The number of halogens is 1. The van der Waals surface area contributed by atoms with E-state index in [0.29, 0.717) is 18.5 Å². The number of nitrogens with zero attached hydrogens (tertiary/aromatic N) is 3. The fourth-order valence-corrected chi connectivity index (χ4v) is 2.40. The van der Waals surface area contributed by atoms with Crippen molar-refractivity contribution in [2.24, 2.45) is 0 Å². The second-order valence-corrected chi connectivity index (χ2v) is 5.28. The summed E-state index contributed by atoms with van der Waals surface area (Å²) in [5.41, 5.74) is 1.52. The van der Waals surface area contributed by atoms with E-state index in [-0.39, 0.29) is 5.56 Å². The summed E-state index contributed by atoms with van der Waals surface area (Å²) in [5, 5.41) is 4.19. The zero-order valence-electron chi connectivity index (χ0n) is 11.7. The molecule has 0 bridgehead atoms. The van der Waals surface area contributed by atoms with Crippen LogP contribution in [0.25, 0.3) is 0 Å². The Morgan fingerprint density at radius 3 is 2.80 bits per heavy atom. The summed E-state index contributed by atoms with van der Waals surface area (Å²) in [5.74, 6) is 0.334. The number of alkyl halides is 1. The zero-order chi connectivity index (χ0) is 14.5. The number of aromatic nitrogens is 2. The van der Waals surface area contributed by atoms with Crippen LogP contribution in [-0.2, 0) is 11.3 Å². The van der Waals surface area contributed by atoms with E-state index < -0.39 is 0 Å². The topological polar surface area (TPSA) is 47.4 Å². The van der Waals surface area contributed by atoms with E-state index >= 15 is 0 Å². The van der Waals surface area contributed by atoms with Gasteiger partial charge in [0.1, 0.15) is 0 Å². The third-order valence-corrected chi connectivity index (χ3v) is 3.94. The van der Waals surface area contributed by atoms with Gasteiger partial charge >= 0.3 is 0 Å². The van der Waals surface area contributed by atoms with Gasteiger partial charge in [-0.1, -0.05) is 6.58 Å². The first-order valence-electron chi connectivity index (χ1n) is 6.71. The van der Waals surface area contributed by atoms with Gasteiger partial charge in [-0.3, -0.25) is 4.79 Å². The van der Waals surface area contributed by atoms with Gasteiger partial charge in [-0.2, -0.15) is 5.10 Å².